The average Bonchev–Trinajstić information content (AvgIpc) is 3.05. The third-order valence-corrected chi connectivity index (χ3v) is 4.78. The van der Waals surface area contributed by atoms with Gasteiger partial charge in [-0.05, 0) is 38.1 Å². The second-order valence-corrected chi connectivity index (χ2v) is 6.83. The van der Waals surface area contributed by atoms with E-state index in [-0.39, 0.29) is 12.6 Å². The maximum Gasteiger partial charge on any atom is 0.292 e. The molecule has 3 aromatic rings. The molecule has 0 radical (unpaired) electrons. The number of aryl methyl sites for hydroxylation is 1. The van der Waals surface area contributed by atoms with Gasteiger partial charge < -0.3 is 14.8 Å². The second-order valence-electron chi connectivity index (χ2n) is 6.83. The lowest BCUT2D eigenvalue weighted by atomic mass is 10.1. The summed E-state index contributed by atoms with van der Waals surface area (Å²) in [7, 11) is 0. The number of rotatable bonds is 5. The lowest BCUT2D eigenvalue weighted by Crippen LogP contribution is -2.43. The number of carbonyl (C=O) groups excluding carboxylic acids is 2. The number of nitrogens with one attached hydrogen (secondary N) is 1. The second kappa shape index (κ2) is 7.79. The zero-order chi connectivity index (χ0) is 20.4. The lowest BCUT2D eigenvalue weighted by Gasteiger charge is -2.26. The Morgan fingerprint density at radius 2 is 1.76 bits per heavy atom. The van der Waals surface area contributed by atoms with E-state index in [1.54, 1.807) is 24.6 Å². The Kier molecular flexibility index (Phi) is 5.03. The van der Waals surface area contributed by atoms with E-state index in [9.17, 15) is 9.59 Å². The van der Waals surface area contributed by atoms with E-state index < -0.39 is 11.7 Å². The molecule has 148 valence electrons. The first-order valence-electron chi connectivity index (χ1n) is 9.37. The normalized spacial score (nSPS) is 15.0. The first kappa shape index (κ1) is 18.7. The van der Waals surface area contributed by atoms with E-state index in [1.165, 1.54) is 0 Å². The highest BCUT2D eigenvalue weighted by Crippen LogP contribution is 2.30. The largest absolute Gasteiger partial charge is 0.486 e. The molecule has 0 saturated heterocycles. The molecule has 0 spiro atoms. The van der Waals surface area contributed by atoms with Gasteiger partial charge in [0.15, 0.2) is 11.5 Å². The third-order valence-electron chi connectivity index (χ3n) is 4.78. The summed E-state index contributed by atoms with van der Waals surface area (Å²) in [5, 5.41) is 7.08. The summed E-state index contributed by atoms with van der Waals surface area (Å²) in [6.07, 6.45) is -0.365. The number of hydrogen-bond donors (Lipinski definition) is 1. The summed E-state index contributed by atoms with van der Waals surface area (Å²) in [6, 6.07) is 16.8. The summed E-state index contributed by atoms with van der Waals surface area (Å²) in [5.74, 6) is -0.00328. The van der Waals surface area contributed by atoms with Crippen molar-refractivity contribution in [2.24, 2.45) is 0 Å². The van der Waals surface area contributed by atoms with Gasteiger partial charge in [-0.15, -0.1) is 0 Å². The van der Waals surface area contributed by atoms with E-state index in [2.05, 4.69) is 10.4 Å². The molecule has 1 N–H and O–H groups in total. The topological polar surface area (TPSA) is 82.5 Å². The lowest BCUT2D eigenvalue weighted by molar-refractivity contribution is -0.117. The number of amides is 1. The van der Waals surface area contributed by atoms with Crippen LogP contribution in [0, 0.1) is 13.8 Å². The van der Waals surface area contributed by atoms with Gasteiger partial charge in [-0.3, -0.25) is 9.59 Å². The SMILES string of the molecule is Cc1nn(-c2ccccc2)c(C)c1C(=O)C(=O)NCC1COc2ccccc2O1. The third kappa shape index (κ3) is 3.71. The van der Waals surface area contributed by atoms with Crippen LogP contribution in [0.4, 0.5) is 0 Å². The maximum absolute atomic E-state index is 12.8. The van der Waals surface area contributed by atoms with Crippen molar-refractivity contribution in [2.45, 2.75) is 20.0 Å². The van der Waals surface area contributed by atoms with Crippen molar-refractivity contribution in [1.82, 2.24) is 15.1 Å². The molecule has 7 heteroatoms. The molecule has 1 aliphatic rings. The molecule has 1 atom stereocenters. The van der Waals surface area contributed by atoms with E-state index in [0.717, 1.165) is 5.69 Å². The monoisotopic (exact) mass is 391 g/mol. The fourth-order valence-electron chi connectivity index (χ4n) is 3.36. The Morgan fingerprint density at radius 1 is 1.07 bits per heavy atom. The van der Waals surface area contributed by atoms with Crippen LogP contribution in [0.1, 0.15) is 21.7 Å². The quantitative estimate of drug-likeness (QED) is 0.534. The molecule has 2 aromatic carbocycles. The first-order valence-corrected chi connectivity index (χ1v) is 9.37. The van der Waals surface area contributed by atoms with Gasteiger partial charge in [-0.25, -0.2) is 4.68 Å². The molecule has 0 bridgehead atoms. The number of hydrogen-bond acceptors (Lipinski definition) is 5. The average molecular weight is 391 g/mol. The Balaban J connectivity index is 1.44. The number of nitrogens with zero attached hydrogens (tertiary/aromatic N) is 2. The van der Waals surface area contributed by atoms with Crippen LogP contribution in [0.15, 0.2) is 54.6 Å². The van der Waals surface area contributed by atoms with Crippen LogP contribution in [0.3, 0.4) is 0 Å². The van der Waals surface area contributed by atoms with Crippen LogP contribution in [-0.2, 0) is 4.79 Å². The van der Waals surface area contributed by atoms with E-state index in [0.29, 0.717) is 35.1 Å². The van der Waals surface area contributed by atoms with Crippen LogP contribution in [0.2, 0.25) is 0 Å². The molecular weight excluding hydrogens is 370 g/mol. The zero-order valence-corrected chi connectivity index (χ0v) is 16.2. The number of ketones is 1. The first-order chi connectivity index (χ1) is 14.0. The van der Waals surface area contributed by atoms with Crippen LogP contribution in [0.25, 0.3) is 5.69 Å². The van der Waals surface area contributed by atoms with Gasteiger partial charge in [0.1, 0.15) is 12.7 Å². The molecule has 1 aliphatic heterocycles. The van der Waals surface area contributed by atoms with Crippen molar-refractivity contribution in [3.05, 3.63) is 71.5 Å². The van der Waals surface area contributed by atoms with Crippen LogP contribution < -0.4 is 14.8 Å². The Bertz CT molecular complexity index is 1060. The molecule has 0 aliphatic carbocycles. The highest BCUT2D eigenvalue weighted by molar-refractivity contribution is 6.43. The fourth-order valence-corrected chi connectivity index (χ4v) is 3.36. The number of benzene rings is 2. The van der Waals surface area contributed by atoms with Crippen LogP contribution >= 0.6 is 0 Å². The predicted molar refractivity (Wildman–Crippen MR) is 107 cm³/mol. The summed E-state index contributed by atoms with van der Waals surface area (Å²) in [6.45, 7) is 3.98. The molecule has 4 rings (SSSR count). The molecule has 1 unspecified atom stereocenters. The van der Waals surface area contributed by atoms with Gasteiger partial charge in [0.2, 0.25) is 0 Å². The molecule has 1 aromatic heterocycles. The number of para-hydroxylation sites is 3. The molecule has 1 amide bonds. The highest BCUT2D eigenvalue weighted by Gasteiger charge is 2.27. The van der Waals surface area contributed by atoms with Crippen molar-refractivity contribution in [3.63, 3.8) is 0 Å². The van der Waals surface area contributed by atoms with Gasteiger partial charge in [-0.2, -0.15) is 5.10 Å². The van der Waals surface area contributed by atoms with Crippen molar-refractivity contribution in [1.29, 1.82) is 0 Å². The Labute approximate surface area is 168 Å². The minimum absolute atomic E-state index is 0.170. The molecule has 0 saturated carbocycles. The summed E-state index contributed by atoms with van der Waals surface area (Å²) >= 11 is 0. The van der Waals surface area contributed by atoms with Gasteiger partial charge in [-0.1, -0.05) is 30.3 Å². The van der Waals surface area contributed by atoms with Crippen molar-refractivity contribution < 1.29 is 19.1 Å². The van der Waals surface area contributed by atoms with E-state index in [1.807, 2.05) is 48.5 Å². The molecule has 0 fully saturated rings. The minimum atomic E-state index is -0.689. The smallest absolute Gasteiger partial charge is 0.292 e. The Hall–Kier alpha value is -3.61. The molecule has 2 heterocycles. The maximum atomic E-state index is 12.8. The van der Waals surface area contributed by atoms with Crippen molar-refractivity contribution >= 4 is 11.7 Å². The van der Waals surface area contributed by atoms with Gasteiger partial charge in [0.25, 0.3) is 11.7 Å². The zero-order valence-electron chi connectivity index (χ0n) is 16.2. The molecule has 7 nitrogen and oxygen atoms in total. The number of Topliss-reactive ketones (excluding diaryl/α,β-unsaturated/α-hetero) is 1. The summed E-state index contributed by atoms with van der Waals surface area (Å²) < 4.78 is 13.1. The highest BCUT2D eigenvalue weighted by atomic mass is 16.6. The van der Waals surface area contributed by atoms with Crippen molar-refractivity contribution in [2.75, 3.05) is 13.2 Å². The van der Waals surface area contributed by atoms with Gasteiger partial charge in [0, 0.05) is 0 Å². The van der Waals surface area contributed by atoms with E-state index in [4.69, 9.17) is 9.47 Å². The standard InChI is InChI=1S/C22H21N3O4/c1-14-20(15(2)25(24-14)16-8-4-3-5-9-16)21(26)22(27)23-12-17-13-28-18-10-6-7-11-19(18)29-17/h3-11,17H,12-13H2,1-2H3,(H,23,27). The summed E-state index contributed by atoms with van der Waals surface area (Å²) in [4.78, 5) is 25.3. The Morgan fingerprint density at radius 3 is 2.52 bits per heavy atom. The predicted octanol–water partition coefficient (Wildman–Crippen LogP) is 2.63. The number of fused-ring (bicyclic) bond motifs is 1. The van der Waals surface area contributed by atoms with Crippen LogP contribution in [-0.4, -0.2) is 40.7 Å². The number of aromatic nitrogens is 2. The molecule has 29 heavy (non-hydrogen) atoms. The van der Waals surface area contributed by atoms with Crippen LogP contribution in [0.5, 0.6) is 11.5 Å². The number of ether oxygens (including phenoxy) is 2. The fraction of sp³-hybridized carbons (Fsp3) is 0.227. The van der Waals surface area contributed by atoms with Gasteiger partial charge in [0.05, 0.1) is 29.2 Å². The molecular formula is C22H21N3O4. The van der Waals surface area contributed by atoms with E-state index >= 15 is 0 Å². The van der Waals surface area contributed by atoms with Gasteiger partial charge >= 0.3 is 0 Å². The van der Waals surface area contributed by atoms with Crippen molar-refractivity contribution in [3.8, 4) is 17.2 Å². The summed E-state index contributed by atoms with van der Waals surface area (Å²) in [5.41, 5.74) is 2.29. The minimum Gasteiger partial charge on any atom is -0.486 e. The number of carbonyl (C=O) groups is 2.